The lowest BCUT2D eigenvalue weighted by molar-refractivity contribution is 0.206. The summed E-state index contributed by atoms with van der Waals surface area (Å²) in [4.78, 5) is 2.52. The van der Waals surface area contributed by atoms with Crippen LogP contribution in [0.3, 0.4) is 0 Å². The first-order chi connectivity index (χ1) is 7.17. The third-order valence-corrected chi connectivity index (χ3v) is 3.64. The van der Waals surface area contributed by atoms with Gasteiger partial charge in [0, 0.05) is 16.2 Å². The molecule has 1 aromatic carbocycles. The fourth-order valence-corrected chi connectivity index (χ4v) is 2.02. The number of halogens is 1. The topological polar surface area (TPSA) is 3.24 Å². The van der Waals surface area contributed by atoms with E-state index in [1.807, 2.05) is 0 Å². The molecule has 0 aliphatic heterocycles. The summed E-state index contributed by atoms with van der Waals surface area (Å²) in [5.41, 5.74) is 1.41. The van der Waals surface area contributed by atoms with Gasteiger partial charge in [0.25, 0.3) is 0 Å². The van der Waals surface area contributed by atoms with E-state index in [0.717, 1.165) is 13.1 Å². The quantitative estimate of drug-likeness (QED) is 0.744. The fourth-order valence-electron chi connectivity index (χ4n) is 1.66. The predicted molar refractivity (Wildman–Crippen MR) is 75.0 cm³/mol. The van der Waals surface area contributed by atoms with Crippen LogP contribution < -0.4 is 0 Å². The van der Waals surface area contributed by atoms with Crippen LogP contribution in [0.25, 0.3) is 0 Å². The van der Waals surface area contributed by atoms with Crippen molar-refractivity contribution in [3.8, 4) is 0 Å². The number of benzene rings is 1. The van der Waals surface area contributed by atoms with Crippen LogP contribution in [0, 0.1) is 3.57 Å². The second kappa shape index (κ2) is 6.48. The minimum atomic E-state index is 0.675. The van der Waals surface area contributed by atoms with Crippen LogP contribution in [0.4, 0.5) is 0 Å². The van der Waals surface area contributed by atoms with Crippen LogP contribution in [0.5, 0.6) is 0 Å². The molecule has 0 spiro atoms. The van der Waals surface area contributed by atoms with Gasteiger partial charge in [-0.05, 0) is 60.2 Å². The third kappa shape index (κ3) is 4.11. The molecule has 0 radical (unpaired) electrons. The van der Waals surface area contributed by atoms with E-state index < -0.39 is 0 Å². The molecule has 0 aromatic heterocycles. The molecule has 1 aromatic rings. The second-order valence-electron chi connectivity index (χ2n) is 3.95. The summed E-state index contributed by atoms with van der Waals surface area (Å²) in [6.07, 6.45) is 1.22. The molecule has 0 saturated heterocycles. The molecule has 1 nitrogen and oxygen atoms in total. The van der Waals surface area contributed by atoms with Crippen LogP contribution >= 0.6 is 22.6 Å². The summed E-state index contributed by atoms with van der Waals surface area (Å²) in [7, 11) is 0. The number of hydrogen-bond acceptors (Lipinski definition) is 1. The van der Waals surface area contributed by atoms with E-state index in [1.54, 1.807) is 0 Å². The number of nitrogens with zero attached hydrogens (tertiary/aromatic N) is 1. The third-order valence-electron chi connectivity index (χ3n) is 2.92. The van der Waals surface area contributed by atoms with Crippen molar-refractivity contribution in [2.24, 2.45) is 0 Å². The summed E-state index contributed by atoms with van der Waals surface area (Å²) >= 11 is 2.35. The van der Waals surface area contributed by atoms with E-state index in [4.69, 9.17) is 0 Å². The van der Waals surface area contributed by atoms with Gasteiger partial charge in [0.05, 0.1) is 0 Å². The van der Waals surface area contributed by atoms with Crippen LogP contribution in [0.2, 0.25) is 0 Å². The smallest absolute Gasteiger partial charge is 0.0236 e. The van der Waals surface area contributed by atoms with Gasteiger partial charge in [-0.1, -0.05) is 26.0 Å². The van der Waals surface area contributed by atoms with Crippen molar-refractivity contribution < 1.29 is 0 Å². The van der Waals surface area contributed by atoms with Crippen LogP contribution in [0.15, 0.2) is 24.3 Å². The highest BCUT2D eigenvalue weighted by atomic mass is 127. The highest BCUT2D eigenvalue weighted by Crippen LogP contribution is 2.12. The van der Waals surface area contributed by atoms with Gasteiger partial charge >= 0.3 is 0 Å². The van der Waals surface area contributed by atoms with E-state index in [0.29, 0.717) is 6.04 Å². The first-order valence-corrected chi connectivity index (χ1v) is 6.73. The normalized spacial score (nSPS) is 13.1. The molecule has 15 heavy (non-hydrogen) atoms. The molecule has 1 unspecified atom stereocenters. The van der Waals surface area contributed by atoms with Crippen molar-refractivity contribution in [1.29, 1.82) is 0 Å². The number of rotatable bonds is 5. The van der Waals surface area contributed by atoms with Crippen molar-refractivity contribution in [1.82, 2.24) is 4.90 Å². The molecule has 1 rings (SSSR count). The first-order valence-electron chi connectivity index (χ1n) is 5.65. The van der Waals surface area contributed by atoms with Crippen LogP contribution in [0.1, 0.15) is 32.8 Å². The molecule has 0 N–H and O–H groups in total. The fraction of sp³-hybridized carbons (Fsp3) is 0.538. The van der Waals surface area contributed by atoms with E-state index in [2.05, 4.69) is 72.5 Å². The predicted octanol–water partition coefficient (Wildman–Crippen LogP) is 3.91. The molecule has 0 heterocycles. The lowest BCUT2D eigenvalue weighted by atomic mass is 10.1. The van der Waals surface area contributed by atoms with Gasteiger partial charge in [-0.3, -0.25) is 4.90 Å². The molecule has 1 atom stereocenters. The summed E-state index contributed by atoms with van der Waals surface area (Å²) < 4.78 is 1.31. The molecule has 0 fully saturated rings. The minimum absolute atomic E-state index is 0.675. The molecule has 0 aliphatic carbocycles. The maximum atomic E-state index is 2.52. The van der Waals surface area contributed by atoms with E-state index in [-0.39, 0.29) is 0 Å². The average Bonchev–Trinajstić information content (AvgIpc) is 2.27. The highest BCUT2D eigenvalue weighted by molar-refractivity contribution is 14.1. The Hall–Kier alpha value is -0.0900. The van der Waals surface area contributed by atoms with Crippen LogP contribution in [-0.4, -0.2) is 17.5 Å². The Labute approximate surface area is 107 Å². The molecule has 0 bridgehead atoms. The van der Waals surface area contributed by atoms with Gasteiger partial charge in [0.1, 0.15) is 0 Å². The van der Waals surface area contributed by atoms with Crippen molar-refractivity contribution >= 4 is 22.6 Å². The van der Waals surface area contributed by atoms with Gasteiger partial charge in [-0.25, -0.2) is 0 Å². The highest BCUT2D eigenvalue weighted by Gasteiger charge is 2.09. The zero-order chi connectivity index (χ0) is 11.3. The summed E-state index contributed by atoms with van der Waals surface area (Å²) in [5.74, 6) is 0. The largest absolute Gasteiger partial charge is 0.297 e. The molecular formula is C13H20IN. The Morgan fingerprint density at radius 2 is 1.80 bits per heavy atom. The SMILES string of the molecule is CCC(C)N(CC)Cc1ccc(I)cc1. The Morgan fingerprint density at radius 1 is 1.20 bits per heavy atom. The summed E-state index contributed by atoms with van der Waals surface area (Å²) in [6, 6.07) is 9.50. The van der Waals surface area contributed by atoms with Crippen LogP contribution in [-0.2, 0) is 6.54 Å². The zero-order valence-electron chi connectivity index (χ0n) is 9.83. The Balaban J connectivity index is 2.62. The molecule has 2 heteroatoms. The number of hydrogen-bond donors (Lipinski definition) is 0. The molecular weight excluding hydrogens is 297 g/mol. The summed E-state index contributed by atoms with van der Waals surface area (Å²) in [5, 5.41) is 0. The Kier molecular flexibility index (Phi) is 5.61. The molecule has 0 aliphatic rings. The van der Waals surface area contributed by atoms with Gasteiger partial charge in [0.2, 0.25) is 0 Å². The maximum Gasteiger partial charge on any atom is 0.0236 e. The zero-order valence-corrected chi connectivity index (χ0v) is 12.0. The van der Waals surface area contributed by atoms with Gasteiger partial charge in [-0.2, -0.15) is 0 Å². The van der Waals surface area contributed by atoms with Gasteiger partial charge in [0.15, 0.2) is 0 Å². The molecule has 0 saturated carbocycles. The Bertz CT molecular complexity index is 281. The minimum Gasteiger partial charge on any atom is -0.297 e. The Morgan fingerprint density at radius 3 is 2.27 bits per heavy atom. The maximum absolute atomic E-state index is 2.52. The second-order valence-corrected chi connectivity index (χ2v) is 5.19. The van der Waals surface area contributed by atoms with E-state index in [1.165, 1.54) is 15.6 Å². The lowest BCUT2D eigenvalue weighted by Gasteiger charge is -2.26. The van der Waals surface area contributed by atoms with Crippen molar-refractivity contribution in [3.05, 3.63) is 33.4 Å². The van der Waals surface area contributed by atoms with Crippen molar-refractivity contribution in [3.63, 3.8) is 0 Å². The van der Waals surface area contributed by atoms with E-state index >= 15 is 0 Å². The monoisotopic (exact) mass is 317 g/mol. The molecule has 84 valence electrons. The van der Waals surface area contributed by atoms with Crippen molar-refractivity contribution in [2.75, 3.05) is 6.54 Å². The molecule has 0 amide bonds. The first kappa shape index (κ1) is 13.0. The lowest BCUT2D eigenvalue weighted by Crippen LogP contribution is -2.31. The standard InChI is InChI=1S/C13H20IN/c1-4-11(3)15(5-2)10-12-6-8-13(14)9-7-12/h6-9,11H,4-5,10H2,1-3H3. The van der Waals surface area contributed by atoms with Gasteiger partial charge < -0.3 is 0 Å². The van der Waals surface area contributed by atoms with Crippen molar-refractivity contribution in [2.45, 2.75) is 39.8 Å². The average molecular weight is 317 g/mol. The van der Waals surface area contributed by atoms with E-state index in [9.17, 15) is 0 Å². The summed E-state index contributed by atoms with van der Waals surface area (Å²) in [6.45, 7) is 8.99. The van der Waals surface area contributed by atoms with Gasteiger partial charge in [-0.15, -0.1) is 0 Å².